The van der Waals surface area contributed by atoms with Crippen molar-refractivity contribution >= 4 is 0 Å². The highest BCUT2D eigenvalue weighted by Crippen LogP contribution is 2.23. The van der Waals surface area contributed by atoms with Gasteiger partial charge in [0.1, 0.15) is 0 Å². The van der Waals surface area contributed by atoms with E-state index < -0.39 is 18.7 Å². The Balaban J connectivity index is 3.05. The van der Waals surface area contributed by atoms with Gasteiger partial charge in [-0.3, -0.25) is 0 Å². The standard InChI is InChI=1S/C21H41F3O2/c22-21(23,24)18-16-14-12-10-8-6-4-2-1-3-5-7-9-11-13-15-17-20(26)19-25/h20,25-26H,1-19H2. The number of aliphatic hydroxyl groups excluding tert-OH is 2. The normalized spacial score (nSPS) is 13.3. The zero-order valence-corrected chi connectivity index (χ0v) is 16.5. The summed E-state index contributed by atoms with van der Waals surface area (Å²) in [4.78, 5) is 0. The zero-order valence-electron chi connectivity index (χ0n) is 16.5. The Kier molecular flexibility index (Phi) is 17.9. The molecular formula is C21H41F3O2. The number of hydrogen-bond acceptors (Lipinski definition) is 2. The molecule has 0 amide bonds. The van der Waals surface area contributed by atoms with Crippen molar-refractivity contribution in [3.05, 3.63) is 0 Å². The Morgan fingerprint density at radius 3 is 1.15 bits per heavy atom. The highest BCUT2D eigenvalue weighted by Gasteiger charge is 2.25. The molecule has 0 aromatic heterocycles. The fraction of sp³-hybridized carbons (Fsp3) is 1.00. The molecule has 0 aromatic carbocycles. The van der Waals surface area contributed by atoms with Gasteiger partial charge < -0.3 is 10.2 Å². The van der Waals surface area contributed by atoms with E-state index in [2.05, 4.69) is 0 Å². The molecule has 0 aliphatic carbocycles. The van der Waals surface area contributed by atoms with Crippen molar-refractivity contribution in [1.82, 2.24) is 0 Å². The minimum absolute atomic E-state index is 0.123. The average molecular weight is 383 g/mol. The molecule has 1 atom stereocenters. The van der Waals surface area contributed by atoms with Crippen molar-refractivity contribution < 1.29 is 23.4 Å². The van der Waals surface area contributed by atoms with Crippen LogP contribution in [-0.4, -0.2) is 29.1 Å². The molecule has 5 heteroatoms. The summed E-state index contributed by atoms with van der Waals surface area (Å²) in [6.07, 6.45) is 13.4. The van der Waals surface area contributed by atoms with Crippen LogP contribution in [-0.2, 0) is 0 Å². The SMILES string of the molecule is OCC(O)CCCCCCCCCCCCCCCCCCC(F)(F)F. The van der Waals surface area contributed by atoms with Gasteiger partial charge in [0.25, 0.3) is 0 Å². The first-order chi connectivity index (χ1) is 12.5. The van der Waals surface area contributed by atoms with Crippen LogP contribution in [0.2, 0.25) is 0 Å². The van der Waals surface area contributed by atoms with E-state index in [9.17, 15) is 18.3 Å². The second-order valence-corrected chi connectivity index (χ2v) is 7.65. The lowest BCUT2D eigenvalue weighted by Crippen LogP contribution is -2.10. The van der Waals surface area contributed by atoms with Crippen molar-refractivity contribution in [2.75, 3.05) is 6.61 Å². The minimum atomic E-state index is -3.98. The summed E-state index contributed by atoms with van der Waals surface area (Å²) >= 11 is 0. The minimum Gasteiger partial charge on any atom is -0.394 e. The average Bonchev–Trinajstić information content (AvgIpc) is 2.59. The molecule has 158 valence electrons. The van der Waals surface area contributed by atoms with Gasteiger partial charge in [-0.05, 0) is 12.8 Å². The highest BCUT2D eigenvalue weighted by molar-refractivity contribution is 4.54. The Bertz CT molecular complexity index is 283. The van der Waals surface area contributed by atoms with E-state index >= 15 is 0 Å². The molecule has 1 unspecified atom stereocenters. The molecule has 0 aliphatic rings. The number of hydrogen-bond donors (Lipinski definition) is 2. The summed E-state index contributed by atoms with van der Waals surface area (Å²) < 4.78 is 35.9. The van der Waals surface area contributed by atoms with Crippen LogP contribution in [0.1, 0.15) is 116 Å². The summed E-state index contributed by atoms with van der Waals surface area (Å²) in [7, 11) is 0. The smallest absolute Gasteiger partial charge is 0.389 e. The fourth-order valence-electron chi connectivity index (χ4n) is 3.27. The lowest BCUT2D eigenvalue weighted by molar-refractivity contribution is -0.135. The van der Waals surface area contributed by atoms with Gasteiger partial charge in [0.2, 0.25) is 0 Å². The monoisotopic (exact) mass is 382 g/mol. The van der Waals surface area contributed by atoms with Crippen LogP contribution in [0.5, 0.6) is 0 Å². The largest absolute Gasteiger partial charge is 0.394 e. The van der Waals surface area contributed by atoms with Gasteiger partial charge >= 0.3 is 6.18 Å². The van der Waals surface area contributed by atoms with Gasteiger partial charge in [-0.2, -0.15) is 13.2 Å². The number of halogens is 3. The van der Waals surface area contributed by atoms with E-state index in [0.29, 0.717) is 12.8 Å². The third-order valence-corrected chi connectivity index (χ3v) is 4.96. The van der Waals surface area contributed by atoms with Crippen molar-refractivity contribution in [3.8, 4) is 0 Å². The van der Waals surface area contributed by atoms with Crippen molar-refractivity contribution in [3.63, 3.8) is 0 Å². The second-order valence-electron chi connectivity index (χ2n) is 7.65. The summed E-state index contributed by atoms with van der Waals surface area (Å²) in [6.45, 7) is -0.123. The summed E-state index contributed by atoms with van der Waals surface area (Å²) in [6, 6.07) is 0. The lowest BCUT2D eigenvalue weighted by Gasteiger charge is -2.06. The van der Waals surface area contributed by atoms with Crippen LogP contribution < -0.4 is 0 Å². The van der Waals surface area contributed by atoms with E-state index in [0.717, 1.165) is 32.1 Å². The third kappa shape index (κ3) is 21.8. The van der Waals surface area contributed by atoms with Crippen LogP contribution in [0.25, 0.3) is 0 Å². The topological polar surface area (TPSA) is 40.5 Å². The number of alkyl halides is 3. The molecule has 0 rings (SSSR count). The van der Waals surface area contributed by atoms with Gasteiger partial charge in [0.05, 0.1) is 12.7 Å². The maximum Gasteiger partial charge on any atom is 0.389 e. The van der Waals surface area contributed by atoms with Gasteiger partial charge in [-0.1, -0.05) is 96.3 Å². The maximum absolute atomic E-state index is 12.0. The molecule has 0 saturated carbocycles. The molecule has 0 spiro atoms. The van der Waals surface area contributed by atoms with Crippen molar-refractivity contribution in [2.45, 2.75) is 128 Å². The van der Waals surface area contributed by atoms with Crippen LogP contribution in [0.4, 0.5) is 13.2 Å². The molecular weight excluding hydrogens is 341 g/mol. The molecule has 0 saturated heterocycles. The molecule has 0 radical (unpaired) electrons. The first kappa shape index (κ1) is 25.7. The molecule has 0 heterocycles. The molecule has 0 aromatic rings. The molecule has 0 bridgehead atoms. The third-order valence-electron chi connectivity index (χ3n) is 4.96. The quantitative estimate of drug-likeness (QED) is 0.238. The van der Waals surface area contributed by atoms with Crippen LogP contribution in [0, 0.1) is 0 Å². The van der Waals surface area contributed by atoms with Gasteiger partial charge in [-0.25, -0.2) is 0 Å². The van der Waals surface area contributed by atoms with Crippen LogP contribution in [0.15, 0.2) is 0 Å². The van der Waals surface area contributed by atoms with Crippen molar-refractivity contribution in [1.29, 1.82) is 0 Å². The summed E-state index contributed by atoms with van der Waals surface area (Å²) in [5, 5.41) is 17.9. The Hall–Kier alpha value is -0.290. The van der Waals surface area contributed by atoms with Crippen LogP contribution in [0.3, 0.4) is 0 Å². The molecule has 2 N–H and O–H groups in total. The van der Waals surface area contributed by atoms with E-state index in [1.807, 2.05) is 0 Å². The van der Waals surface area contributed by atoms with E-state index in [4.69, 9.17) is 5.11 Å². The number of aliphatic hydroxyl groups is 2. The van der Waals surface area contributed by atoms with E-state index in [1.165, 1.54) is 57.8 Å². The first-order valence-electron chi connectivity index (χ1n) is 10.8. The lowest BCUT2D eigenvalue weighted by atomic mass is 10.0. The highest BCUT2D eigenvalue weighted by atomic mass is 19.4. The van der Waals surface area contributed by atoms with Gasteiger partial charge in [0, 0.05) is 6.42 Å². The van der Waals surface area contributed by atoms with Gasteiger partial charge in [0.15, 0.2) is 0 Å². The predicted octanol–water partition coefficient (Wildman–Crippen LogP) is 6.92. The zero-order chi connectivity index (χ0) is 19.5. The van der Waals surface area contributed by atoms with E-state index in [-0.39, 0.29) is 13.0 Å². The first-order valence-corrected chi connectivity index (χ1v) is 10.8. The summed E-state index contributed by atoms with van der Waals surface area (Å²) in [5.41, 5.74) is 0. The van der Waals surface area contributed by atoms with Crippen molar-refractivity contribution in [2.24, 2.45) is 0 Å². The Morgan fingerprint density at radius 1 is 0.538 bits per heavy atom. The fourth-order valence-corrected chi connectivity index (χ4v) is 3.27. The number of rotatable bonds is 19. The van der Waals surface area contributed by atoms with Crippen LogP contribution >= 0.6 is 0 Å². The Labute approximate surface area is 158 Å². The summed E-state index contributed by atoms with van der Waals surface area (Å²) in [5.74, 6) is 0. The molecule has 0 fully saturated rings. The molecule has 0 aliphatic heterocycles. The van der Waals surface area contributed by atoms with E-state index in [1.54, 1.807) is 0 Å². The number of unbranched alkanes of at least 4 members (excludes halogenated alkanes) is 15. The Morgan fingerprint density at radius 2 is 0.846 bits per heavy atom. The predicted molar refractivity (Wildman–Crippen MR) is 102 cm³/mol. The second kappa shape index (κ2) is 18.1. The molecule has 26 heavy (non-hydrogen) atoms. The maximum atomic E-state index is 12.0. The van der Waals surface area contributed by atoms with Gasteiger partial charge in [-0.15, -0.1) is 0 Å². The molecule has 2 nitrogen and oxygen atoms in total.